The molecule has 2 atom stereocenters. The van der Waals surface area contributed by atoms with Crippen molar-refractivity contribution in [3.63, 3.8) is 0 Å². The van der Waals surface area contributed by atoms with Gasteiger partial charge in [-0.1, -0.05) is 6.42 Å². The number of carbonyl (C=O) groups excluding carboxylic acids is 1. The number of rotatable bonds is 6. The monoisotopic (exact) mass is 271 g/mol. The third kappa shape index (κ3) is 5.19. The van der Waals surface area contributed by atoms with Crippen LogP contribution >= 0.6 is 0 Å². The predicted octanol–water partition coefficient (Wildman–Crippen LogP) is 1.76. The molecule has 0 bridgehead atoms. The van der Waals surface area contributed by atoms with Gasteiger partial charge in [-0.15, -0.1) is 0 Å². The number of carboxylic acid groups (broad SMARTS) is 1. The zero-order valence-electron chi connectivity index (χ0n) is 12.1. The number of carbonyl (C=O) groups is 2. The van der Waals surface area contributed by atoms with Gasteiger partial charge in [-0.2, -0.15) is 0 Å². The van der Waals surface area contributed by atoms with Crippen molar-refractivity contribution >= 4 is 11.9 Å². The van der Waals surface area contributed by atoms with Crippen LogP contribution in [0.15, 0.2) is 0 Å². The first-order chi connectivity index (χ1) is 8.91. The van der Waals surface area contributed by atoms with Gasteiger partial charge in [-0.25, -0.2) is 0 Å². The fourth-order valence-corrected chi connectivity index (χ4v) is 2.49. The first-order valence-corrected chi connectivity index (χ1v) is 7.01. The average Bonchev–Trinajstić information content (AvgIpc) is 2.37. The van der Waals surface area contributed by atoms with Crippen LogP contribution in [0, 0.1) is 11.8 Å². The minimum Gasteiger partial charge on any atom is -0.481 e. The Morgan fingerprint density at radius 1 is 1.32 bits per heavy atom. The molecular weight excluding hydrogens is 246 g/mol. The van der Waals surface area contributed by atoms with Crippen molar-refractivity contribution in [1.82, 2.24) is 4.90 Å². The van der Waals surface area contributed by atoms with Gasteiger partial charge in [0.15, 0.2) is 0 Å². The minimum atomic E-state index is -0.775. The first kappa shape index (κ1) is 16.0. The van der Waals surface area contributed by atoms with E-state index in [0.29, 0.717) is 26.0 Å². The second kappa shape index (κ2) is 7.48. The van der Waals surface area contributed by atoms with Crippen LogP contribution in [-0.4, -0.2) is 48.2 Å². The van der Waals surface area contributed by atoms with E-state index in [1.807, 2.05) is 13.8 Å². The van der Waals surface area contributed by atoms with E-state index in [0.717, 1.165) is 12.8 Å². The lowest BCUT2D eigenvalue weighted by Gasteiger charge is -2.29. The maximum Gasteiger partial charge on any atom is 0.306 e. The van der Waals surface area contributed by atoms with Crippen molar-refractivity contribution < 1.29 is 19.4 Å². The second-order valence-electron chi connectivity index (χ2n) is 5.58. The summed E-state index contributed by atoms with van der Waals surface area (Å²) in [5.41, 5.74) is 0. The molecule has 0 aromatic rings. The van der Waals surface area contributed by atoms with Crippen LogP contribution in [0.4, 0.5) is 0 Å². The number of carboxylic acids is 1. The minimum absolute atomic E-state index is 0.0540. The summed E-state index contributed by atoms with van der Waals surface area (Å²) in [5.74, 6) is -1.22. The lowest BCUT2D eigenvalue weighted by molar-refractivity contribution is -0.145. The molecule has 1 aliphatic rings. The summed E-state index contributed by atoms with van der Waals surface area (Å²) in [4.78, 5) is 24.9. The van der Waals surface area contributed by atoms with Crippen molar-refractivity contribution in [3.8, 4) is 0 Å². The first-order valence-electron chi connectivity index (χ1n) is 7.01. The highest BCUT2D eigenvalue weighted by molar-refractivity contribution is 5.80. The highest BCUT2D eigenvalue weighted by Crippen LogP contribution is 2.30. The molecule has 0 radical (unpaired) electrons. The molecule has 1 aliphatic carbocycles. The summed E-state index contributed by atoms with van der Waals surface area (Å²) in [6.07, 6.45) is 2.96. The molecule has 19 heavy (non-hydrogen) atoms. The molecule has 0 heterocycles. The topological polar surface area (TPSA) is 66.8 Å². The Labute approximate surface area is 114 Å². The Morgan fingerprint density at radius 3 is 2.53 bits per heavy atom. The normalized spacial score (nSPS) is 23.4. The summed E-state index contributed by atoms with van der Waals surface area (Å²) in [6, 6.07) is 0. The summed E-state index contributed by atoms with van der Waals surface area (Å²) in [5, 5.41) is 9.03. The van der Waals surface area contributed by atoms with Crippen LogP contribution in [0.5, 0.6) is 0 Å². The summed E-state index contributed by atoms with van der Waals surface area (Å²) >= 11 is 0. The van der Waals surface area contributed by atoms with E-state index >= 15 is 0 Å². The maximum absolute atomic E-state index is 12.2. The molecule has 1 rings (SSSR count). The van der Waals surface area contributed by atoms with E-state index < -0.39 is 5.97 Å². The average molecular weight is 271 g/mol. The van der Waals surface area contributed by atoms with Crippen molar-refractivity contribution in [3.05, 3.63) is 0 Å². The van der Waals surface area contributed by atoms with E-state index in [1.54, 1.807) is 11.9 Å². The van der Waals surface area contributed by atoms with E-state index in [2.05, 4.69) is 0 Å². The molecule has 5 nitrogen and oxygen atoms in total. The number of hydrogen-bond acceptors (Lipinski definition) is 3. The molecule has 1 N–H and O–H groups in total. The summed E-state index contributed by atoms with van der Waals surface area (Å²) in [6.45, 7) is 5.00. The molecule has 2 unspecified atom stereocenters. The molecule has 1 amide bonds. The van der Waals surface area contributed by atoms with Crippen LogP contribution in [-0.2, 0) is 14.3 Å². The Hall–Kier alpha value is -1.10. The Balaban J connectivity index is 2.40. The maximum atomic E-state index is 12.2. The van der Waals surface area contributed by atoms with E-state index in [9.17, 15) is 9.59 Å². The van der Waals surface area contributed by atoms with Crippen LogP contribution < -0.4 is 0 Å². The quantitative estimate of drug-likeness (QED) is 0.799. The fraction of sp³-hybridized carbons (Fsp3) is 0.857. The molecule has 0 saturated heterocycles. The Bertz CT molecular complexity index is 317. The van der Waals surface area contributed by atoms with Gasteiger partial charge in [0.05, 0.1) is 18.6 Å². The van der Waals surface area contributed by atoms with Gasteiger partial charge in [0.25, 0.3) is 0 Å². The van der Waals surface area contributed by atoms with Gasteiger partial charge in [0, 0.05) is 19.5 Å². The van der Waals surface area contributed by atoms with Crippen molar-refractivity contribution in [2.75, 3.05) is 20.2 Å². The molecule has 0 aromatic carbocycles. The standard InChI is InChI=1S/C14H25NO4/c1-10(2)19-8-7-15(3)13(16)11-5-4-6-12(9-11)14(17)18/h10-12H,4-9H2,1-3H3,(H,17,18). The van der Waals surface area contributed by atoms with Crippen LogP contribution in [0.25, 0.3) is 0 Å². The Kier molecular flexibility index (Phi) is 6.28. The molecule has 0 spiro atoms. The van der Waals surface area contributed by atoms with E-state index in [1.165, 1.54) is 0 Å². The highest BCUT2D eigenvalue weighted by Gasteiger charge is 2.32. The lowest BCUT2D eigenvalue weighted by atomic mass is 9.81. The van der Waals surface area contributed by atoms with E-state index in [4.69, 9.17) is 9.84 Å². The zero-order valence-corrected chi connectivity index (χ0v) is 12.1. The molecular formula is C14H25NO4. The SMILES string of the molecule is CC(C)OCCN(C)C(=O)C1CCCC(C(=O)O)C1. The zero-order chi connectivity index (χ0) is 14.4. The van der Waals surface area contributed by atoms with Crippen LogP contribution in [0.1, 0.15) is 39.5 Å². The third-order valence-electron chi connectivity index (χ3n) is 3.63. The molecule has 0 aliphatic heterocycles. The smallest absolute Gasteiger partial charge is 0.306 e. The van der Waals surface area contributed by atoms with Crippen LogP contribution in [0.2, 0.25) is 0 Å². The predicted molar refractivity (Wildman–Crippen MR) is 71.8 cm³/mol. The molecule has 5 heteroatoms. The Morgan fingerprint density at radius 2 is 1.95 bits per heavy atom. The van der Waals surface area contributed by atoms with Crippen molar-refractivity contribution in [2.24, 2.45) is 11.8 Å². The van der Waals surface area contributed by atoms with Crippen molar-refractivity contribution in [2.45, 2.75) is 45.6 Å². The number of aliphatic carboxylic acids is 1. The van der Waals surface area contributed by atoms with Gasteiger partial charge in [-0.05, 0) is 33.1 Å². The van der Waals surface area contributed by atoms with Gasteiger partial charge in [-0.3, -0.25) is 9.59 Å². The summed E-state index contributed by atoms with van der Waals surface area (Å²) < 4.78 is 5.42. The highest BCUT2D eigenvalue weighted by atomic mass is 16.5. The largest absolute Gasteiger partial charge is 0.481 e. The molecule has 0 aromatic heterocycles. The van der Waals surface area contributed by atoms with E-state index in [-0.39, 0.29) is 23.8 Å². The van der Waals surface area contributed by atoms with Crippen LogP contribution in [0.3, 0.4) is 0 Å². The van der Waals surface area contributed by atoms with Gasteiger partial charge in [0.1, 0.15) is 0 Å². The number of amides is 1. The molecule has 110 valence electrons. The molecule has 1 fully saturated rings. The van der Waals surface area contributed by atoms with Gasteiger partial charge >= 0.3 is 5.97 Å². The number of ether oxygens (including phenoxy) is 1. The number of nitrogens with zero attached hydrogens (tertiary/aromatic N) is 1. The molecule has 1 saturated carbocycles. The number of hydrogen-bond donors (Lipinski definition) is 1. The summed E-state index contributed by atoms with van der Waals surface area (Å²) in [7, 11) is 1.76. The number of likely N-dealkylation sites (N-methyl/N-ethyl adjacent to an activating group) is 1. The van der Waals surface area contributed by atoms with Crippen molar-refractivity contribution in [1.29, 1.82) is 0 Å². The third-order valence-corrected chi connectivity index (χ3v) is 3.63. The lowest BCUT2D eigenvalue weighted by Crippen LogP contribution is -2.38. The second-order valence-corrected chi connectivity index (χ2v) is 5.58. The fourth-order valence-electron chi connectivity index (χ4n) is 2.49. The van der Waals surface area contributed by atoms with Gasteiger partial charge < -0.3 is 14.7 Å². The van der Waals surface area contributed by atoms with Gasteiger partial charge in [0.2, 0.25) is 5.91 Å².